The first-order valence-electron chi connectivity index (χ1n) is 7.64. The van der Waals surface area contributed by atoms with Gasteiger partial charge in [0.15, 0.2) is 11.4 Å². The van der Waals surface area contributed by atoms with Crippen molar-refractivity contribution in [1.82, 2.24) is 9.38 Å². The van der Waals surface area contributed by atoms with Gasteiger partial charge in [-0.3, -0.25) is 4.40 Å². The zero-order chi connectivity index (χ0) is 15.5. The Labute approximate surface area is 130 Å². The third-order valence-electron chi connectivity index (χ3n) is 3.69. The molecule has 0 bridgehead atoms. The lowest BCUT2D eigenvalue weighted by Gasteiger charge is -2.06. The summed E-state index contributed by atoms with van der Waals surface area (Å²) >= 11 is 0. The highest BCUT2D eigenvalue weighted by Gasteiger charge is 2.15. The van der Waals surface area contributed by atoms with Crippen molar-refractivity contribution in [3.8, 4) is 17.0 Å². The maximum Gasteiger partial charge on any atom is 0.180 e. The van der Waals surface area contributed by atoms with Gasteiger partial charge in [0, 0.05) is 18.3 Å². The molecule has 0 atom stereocenters. The number of fused-ring (bicyclic) bond motifs is 1. The Balaban J connectivity index is 2.16. The average molecular weight is 295 g/mol. The van der Waals surface area contributed by atoms with Crippen molar-refractivity contribution >= 4 is 5.65 Å². The zero-order valence-electron chi connectivity index (χ0n) is 13.0. The summed E-state index contributed by atoms with van der Waals surface area (Å²) in [6.07, 6.45) is 2.96. The van der Waals surface area contributed by atoms with Gasteiger partial charge in [0.1, 0.15) is 0 Å². The van der Waals surface area contributed by atoms with Crippen molar-refractivity contribution in [3.05, 3.63) is 53.9 Å². The Morgan fingerprint density at radius 3 is 2.64 bits per heavy atom. The van der Waals surface area contributed by atoms with E-state index in [1.165, 1.54) is 5.56 Å². The lowest BCUT2D eigenvalue weighted by molar-refractivity contribution is 0.319. The van der Waals surface area contributed by atoms with Gasteiger partial charge >= 0.3 is 0 Å². The zero-order valence-corrected chi connectivity index (χ0v) is 13.0. The van der Waals surface area contributed by atoms with Crippen molar-refractivity contribution in [3.63, 3.8) is 0 Å². The van der Waals surface area contributed by atoms with Crippen LogP contribution in [0, 0.1) is 6.92 Å². The summed E-state index contributed by atoms with van der Waals surface area (Å²) in [6.45, 7) is 5.29. The number of pyridine rings is 1. The van der Waals surface area contributed by atoms with Crippen molar-refractivity contribution in [2.24, 2.45) is 5.73 Å². The Morgan fingerprint density at radius 2 is 1.95 bits per heavy atom. The van der Waals surface area contributed by atoms with Gasteiger partial charge in [-0.1, -0.05) is 36.8 Å². The fraction of sp³-hybridized carbons (Fsp3) is 0.278. The lowest BCUT2D eigenvalue weighted by atomic mass is 10.1. The number of benzene rings is 1. The molecule has 0 aliphatic heterocycles. The van der Waals surface area contributed by atoms with Gasteiger partial charge < -0.3 is 10.5 Å². The third-order valence-corrected chi connectivity index (χ3v) is 3.69. The molecular weight excluding hydrogens is 274 g/mol. The molecule has 2 heterocycles. The highest BCUT2D eigenvalue weighted by Crippen LogP contribution is 2.28. The summed E-state index contributed by atoms with van der Waals surface area (Å²) in [5.41, 5.74) is 11.0. The Morgan fingerprint density at radius 1 is 1.18 bits per heavy atom. The quantitative estimate of drug-likeness (QED) is 0.783. The lowest BCUT2D eigenvalue weighted by Crippen LogP contribution is -2.03. The second-order valence-corrected chi connectivity index (χ2v) is 5.39. The van der Waals surface area contributed by atoms with Crippen molar-refractivity contribution in [2.75, 3.05) is 6.61 Å². The van der Waals surface area contributed by atoms with E-state index in [9.17, 15) is 0 Å². The summed E-state index contributed by atoms with van der Waals surface area (Å²) in [6, 6.07) is 12.3. The monoisotopic (exact) mass is 295 g/mol. The minimum Gasteiger partial charge on any atom is -0.490 e. The molecule has 0 amide bonds. The van der Waals surface area contributed by atoms with Gasteiger partial charge in [0.05, 0.1) is 18.0 Å². The van der Waals surface area contributed by atoms with Gasteiger partial charge in [0.2, 0.25) is 0 Å². The maximum absolute atomic E-state index is 5.98. The summed E-state index contributed by atoms with van der Waals surface area (Å²) in [5, 5.41) is 0. The molecule has 3 aromatic rings. The normalized spacial score (nSPS) is 11.0. The molecule has 1 aromatic carbocycles. The van der Waals surface area contributed by atoms with Crippen LogP contribution in [0.3, 0.4) is 0 Å². The van der Waals surface area contributed by atoms with Crippen LogP contribution in [0.25, 0.3) is 16.9 Å². The maximum atomic E-state index is 5.98. The number of imidazole rings is 1. The average Bonchev–Trinajstić information content (AvgIpc) is 2.92. The van der Waals surface area contributed by atoms with E-state index in [-0.39, 0.29) is 0 Å². The van der Waals surface area contributed by atoms with Crippen molar-refractivity contribution in [1.29, 1.82) is 0 Å². The van der Waals surface area contributed by atoms with E-state index in [4.69, 9.17) is 15.5 Å². The van der Waals surface area contributed by atoms with Crippen LogP contribution in [0.5, 0.6) is 5.75 Å². The molecule has 0 unspecified atom stereocenters. The van der Waals surface area contributed by atoms with E-state index in [1.807, 2.05) is 22.7 Å². The number of nitrogens with zero attached hydrogens (tertiary/aromatic N) is 2. The van der Waals surface area contributed by atoms with E-state index in [2.05, 4.69) is 38.1 Å². The summed E-state index contributed by atoms with van der Waals surface area (Å²) in [5.74, 6) is 0.803. The minimum atomic E-state index is 0.432. The molecule has 3 rings (SSSR count). The molecule has 0 spiro atoms. The number of nitrogens with two attached hydrogens (primary N) is 1. The molecule has 0 fully saturated rings. The van der Waals surface area contributed by atoms with Crippen LogP contribution < -0.4 is 10.5 Å². The van der Waals surface area contributed by atoms with Crippen LogP contribution in [0.1, 0.15) is 24.6 Å². The summed E-state index contributed by atoms with van der Waals surface area (Å²) in [7, 11) is 0. The number of aryl methyl sites for hydroxylation is 1. The van der Waals surface area contributed by atoms with Gasteiger partial charge in [0.25, 0.3) is 0 Å². The largest absolute Gasteiger partial charge is 0.490 e. The Kier molecular flexibility index (Phi) is 4.11. The highest BCUT2D eigenvalue weighted by molar-refractivity contribution is 5.69. The minimum absolute atomic E-state index is 0.432. The van der Waals surface area contributed by atoms with Gasteiger partial charge in [-0.2, -0.15) is 0 Å². The third kappa shape index (κ3) is 2.57. The van der Waals surface area contributed by atoms with E-state index in [0.717, 1.165) is 34.8 Å². The number of aromatic nitrogens is 2. The predicted molar refractivity (Wildman–Crippen MR) is 89.0 cm³/mol. The van der Waals surface area contributed by atoms with Gasteiger partial charge in [-0.25, -0.2) is 4.98 Å². The van der Waals surface area contributed by atoms with Crippen molar-refractivity contribution < 1.29 is 4.74 Å². The molecule has 0 aliphatic carbocycles. The van der Waals surface area contributed by atoms with Crippen LogP contribution in [0.15, 0.2) is 42.6 Å². The van der Waals surface area contributed by atoms with E-state index in [1.54, 1.807) is 0 Å². The fourth-order valence-corrected chi connectivity index (χ4v) is 2.55. The van der Waals surface area contributed by atoms with Crippen molar-refractivity contribution in [2.45, 2.75) is 26.8 Å². The molecule has 22 heavy (non-hydrogen) atoms. The molecule has 2 N–H and O–H groups in total. The topological polar surface area (TPSA) is 52.5 Å². The fourth-order valence-electron chi connectivity index (χ4n) is 2.55. The van der Waals surface area contributed by atoms with Gasteiger partial charge in [-0.05, 0) is 25.5 Å². The molecule has 0 saturated carbocycles. The number of hydrogen-bond acceptors (Lipinski definition) is 3. The Bertz CT molecular complexity index is 775. The molecular formula is C18H21N3O. The summed E-state index contributed by atoms with van der Waals surface area (Å²) in [4.78, 5) is 4.79. The van der Waals surface area contributed by atoms with Crippen LogP contribution in [-0.4, -0.2) is 16.0 Å². The second kappa shape index (κ2) is 6.20. The predicted octanol–water partition coefficient (Wildman–Crippen LogP) is 3.56. The van der Waals surface area contributed by atoms with Crippen LogP contribution in [0.4, 0.5) is 0 Å². The molecule has 2 aromatic heterocycles. The van der Waals surface area contributed by atoms with Crippen LogP contribution in [0.2, 0.25) is 0 Å². The number of hydrogen-bond donors (Lipinski definition) is 1. The molecule has 4 heteroatoms. The molecule has 4 nitrogen and oxygen atoms in total. The van der Waals surface area contributed by atoms with E-state index in [0.29, 0.717) is 13.2 Å². The van der Waals surface area contributed by atoms with Crippen LogP contribution in [-0.2, 0) is 6.54 Å². The van der Waals surface area contributed by atoms with E-state index < -0.39 is 0 Å². The first-order chi connectivity index (χ1) is 10.7. The first kappa shape index (κ1) is 14.6. The van der Waals surface area contributed by atoms with E-state index >= 15 is 0 Å². The molecule has 0 saturated heterocycles. The van der Waals surface area contributed by atoms with Gasteiger partial charge in [-0.15, -0.1) is 0 Å². The number of ether oxygens (including phenoxy) is 1. The first-order valence-corrected chi connectivity index (χ1v) is 7.64. The summed E-state index contributed by atoms with van der Waals surface area (Å²) < 4.78 is 7.84. The Hall–Kier alpha value is -2.33. The number of rotatable bonds is 5. The highest BCUT2D eigenvalue weighted by atomic mass is 16.5. The smallest absolute Gasteiger partial charge is 0.180 e. The second-order valence-electron chi connectivity index (χ2n) is 5.39. The molecule has 0 radical (unpaired) electrons. The molecule has 114 valence electrons. The SMILES string of the molecule is CCCOc1cccn2c(CN)c(-c3ccc(C)cc3)nc12. The van der Waals surface area contributed by atoms with Crippen LogP contribution >= 0.6 is 0 Å². The standard InChI is InChI=1S/C18H21N3O/c1-3-11-22-16-5-4-10-21-15(12-19)17(20-18(16)21)14-8-6-13(2)7-9-14/h4-10H,3,11-12,19H2,1-2H3. The molecule has 0 aliphatic rings.